The van der Waals surface area contributed by atoms with Gasteiger partial charge in [-0.25, -0.2) is 9.18 Å². The Morgan fingerprint density at radius 2 is 1.80 bits per heavy atom. The van der Waals surface area contributed by atoms with Crippen molar-refractivity contribution in [1.29, 1.82) is 0 Å². The van der Waals surface area contributed by atoms with Crippen molar-refractivity contribution < 1.29 is 18.7 Å². The van der Waals surface area contributed by atoms with Crippen LogP contribution in [0.1, 0.15) is 40.3 Å². The molecule has 3 atom stereocenters. The summed E-state index contributed by atoms with van der Waals surface area (Å²) in [5, 5.41) is 8.28. The number of nitrogens with zero attached hydrogens (tertiary/aromatic N) is 3. The number of ether oxygens (including phenoxy) is 1. The lowest BCUT2D eigenvalue weighted by atomic mass is 9.96. The number of halogens is 1. The van der Waals surface area contributed by atoms with Crippen molar-refractivity contribution in [2.24, 2.45) is 24.8 Å². The lowest BCUT2D eigenvalue weighted by Gasteiger charge is -2.27. The second-order valence-corrected chi connectivity index (χ2v) is 9.96. The highest BCUT2D eigenvalue weighted by Gasteiger charge is 2.61. The number of fused-ring (bicyclic) bond motifs is 2. The molecule has 1 saturated heterocycles. The van der Waals surface area contributed by atoms with Gasteiger partial charge in [0.05, 0.1) is 11.2 Å². The van der Waals surface area contributed by atoms with E-state index in [0.717, 1.165) is 0 Å². The average Bonchev–Trinajstić information content (AvgIpc) is 2.95. The smallest absolute Gasteiger partial charge is 0.410 e. The molecule has 162 valence electrons. The van der Waals surface area contributed by atoms with Crippen LogP contribution in [0.3, 0.4) is 0 Å². The molecule has 2 fully saturated rings. The minimum absolute atomic E-state index is 0.0472. The molecule has 0 spiro atoms. The Bertz CT molecular complexity index is 1010. The summed E-state index contributed by atoms with van der Waals surface area (Å²) in [6.07, 6.45) is -0.323. The van der Waals surface area contributed by atoms with E-state index in [2.05, 4.69) is 10.4 Å². The highest BCUT2D eigenvalue weighted by atomic mass is 19.1. The Hall–Kier alpha value is -2.64. The number of aromatic nitrogens is 2. The molecular formula is C22H29FN4O3. The van der Waals surface area contributed by atoms with Crippen LogP contribution < -0.4 is 5.32 Å². The summed E-state index contributed by atoms with van der Waals surface area (Å²) in [7, 11) is 1.70. The fraction of sp³-hybridized carbons (Fsp3) is 0.591. The Labute approximate surface area is 175 Å². The van der Waals surface area contributed by atoms with Gasteiger partial charge in [0, 0.05) is 31.4 Å². The minimum atomic E-state index is -0.758. The number of nitrogens with one attached hydrogen (secondary N) is 1. The summed E-state index contributed by atoms with van der Waals surface area (Å²) >= 11 is 0. The molecule has 1 aromatic heterocycles. The predicted molar refractivity (Wildman–Crippen MR) is 110 cm³/mol. The summed E-state index contributed by atoms with van der Waals surface area (Å²) in [4.78, 5) is 26.9. The number of carbonyl (C=O) groups excluding carboxylic acids is 2. The number of likely N-dealkylation sites (tertiary alicyclic amines) is 1. The van der Waals surface area contributed by atoms with E-state index in [1.807, 2.05) is 40.7 Å². The van der Waals surface area contributed by atoms with Crippen molar-refractivity contribution in [3.8, 4) is 0 Å². The van der Waals surface area contributed by atoms with E-state index in [1.165, 1.54) is 10.7 Å². The first-order chi connectivity index (χ1) is 13.9. The number of rotatable bonds is 3. The highest BCUT2D eigenvalue weighted by Crippen LogP contribution is 2.52. The van der Waals surface area contributed by atoms with Crippen LogP contribution in [0.15, 0.2) is 18.2 Å². The van der Waals surface area contributed by atoms with Crippen molar-refractivity contribution in [3.05, 3.63) is 29.7 Å². The molecule has 1 saturated carbocycles. The van der Waals surface area contributed by atoms with Gasteiger partial charge in [0.15, 0.2) is 0 Å². The highest BCUT2D eigenvalue weighted by molar-refractivity contribution is 5.87. The van der Waals surface area contributed by atoms with E-state index in [1.54, 1.807) is 18.0 Å². The predicted octanol–water partition coefficient (Wildman–Crippen LogP) is 3.18. The molecule has 2 aliphatic rings. The maximum Gasteiger partial charge on any atom is 0.410 e. The summed E-state index contributed by atoms with van der Waals surface area (Å²) < 4.78 is 21.2. The number of carbonyl (C=O) groups is 2. The lowest BCUT2D eigenvalue weighted by molar-refractivity contribution is -0.125. The van der Waals surface area contributed by atoms with Crippen molar-refractivity contribution >= 4 is 22.9 Å². The van der Waals surface area contributed by atoms with Crippen LogP contribution >= 0.6 is 0 Å². The molecule has 1 aromatic carbocycles. The first kappa shape index (κ1) is 20.6. The van der Waals surface area contributed by atoms with Gasteiger partial charge in [-0.05, 0) is 52.5 Å². The normalized spacial score (nSPS) is 23.4. The second kappa shape index (κ2) is 6.68. The zero-order chi connectivity index (χ0) is 22.0. The number of piperidine rings is 1. The van der Waals surface area contributed by atoms with Crippen molar-refractivity contribution in [2.75, 3.05) is 13.1 Å². The first-order valence-corrected chi connectivity index (χ1v) is 10.3. The maximum atomic E-state index is 14.2. The van der Waals surface area contributed by atoms with Crippen LogP contribution in [-0.4, -0.2) is 45.4 Å². The minimum Gasteiger partial charge on any atom is -0.444 e. The van der Waals surface area contributed by atoms with Crippen LogP contribution in [0.25, 0.3) is 10.9 Å². The molecule has 0 radical (unpaired) electrons. The van der Waals surface area contributed by atoms with E-state index in [0.29, 0.717) is 29.7 Å². The Balaban J connectivity index is 1.43. The number of benzene rings is 1. The first-order valence-electron chi connectivity index (χ1n) is 10.3. The second-order valence-electron chi connectivity index (χ2n) is 9.96. The van der Waals surface area contributed by atoms with Gasteiger partial charge in [-0.2, -0.15) is 5.10 Å². The molecule has 1 aliphatic carbocycles. The van der Waals surface area contributed by atoms with E-state index in [-0.39, 0.29) is 35.6 Å². The fourth-order valence-electron chi connectivity index (χ4n) is 4.59. The zero-order valence-corrected chi connectivity index (χ0v) is 18.3. The van der Waals surface area contributed by atoms with E-state index >= 15 is 0 Å². The lowest BCUT2D eigenvalue weighted by Crippen LogP contribution is -2.44. The van der Waals surface area contributed by atoms with Gasteiger partial charge in [-0.15, -0.1) is 0 Å². The molecule has 1 unspecified atom stereocenters. The zero-order valence-electron chi connectivity index (χ0n) is 18.3. The largest absolute Gasteiger partial charge is 0.444 e. The monoisotopic (exact) mass is 416 g/mol. The summed E-state index contributed by atoms with van der Waals surface area (Å²) in [5.74, 6) is -0.184. The molecule has 0 bridgehead atoms. The van der Waals surface area contributed by atoms with E-state index in [4.69, 9.17) is 4.74 Å². The maximum absolute atomic E-state index is 14.2. The van der Waals surface area contributed by atoms with Crippen molar-refractivity contribution in [3.63, 3.8) is 0 Å². The van der Waals surface area contributed by atoms with Gasteiger partial charge in [-0.3, -0.25) is 9.48 Å². The van der Waals surface area contributed by atoms with Gasteiger partial charge in [0.2, 0.25) is 5.91 Å². The molecule has 7 nitrogen and oxygen atoms in total. The molecule has 2 heterocycles. The molecule has 1 N–H and O–H groups in total. The number of amides is 2. The number of hydrogen-bond acceptors (Lipinski definition) is 4. The standard InChI is InChI=1S/C22H29FN4O3/c1-21(2,3)30-20(29)27-10-13-14(11-27)16(13)19(28)24-22(4,5)18-12-8-7-9-15(23)17(12)26(6)25-18/h7-9,13-14,16H,10-11H2,1-6H3,(H,24,28)/t13-,14+,16?. The van der Waals surface area contributed by atoms with Gasteiger partial charge >= 0.3 is 6.09 Å². The molecule has 30 heavy (non-hydrogen) atoms. The van der Waals surface area contributed by atoms with E-state index in [9.17, 15) is 14.0 Å². The van der Waals surface area contributed by atoms with Gasteiger partial charge in [0.25, 0.3) is 0 Å². The quantitative estimate of drug-likeness (QED) is 0.834. The molecular weight excluding hydrogens is 387 g/mol. The van der Waals surface area contributed by atoms with Gasteiger partial charge < -0.3 is 15.0 Å². The summed E-state index contributed by atoms with van der Waals surface area (Å²) in [5.41, 5.74) is -0.234. The van der Waals surface area contributed by atoms with E-state index < -0.39 is 11.1 Å². The van der Waals surface area contributed by atoms with Crippen LogP contribution in [0.2, 0.25) is 0 Å². The Morgan fingerprint density at radius 3 is 2.40 bits per heavy atom. The Kier molecular flexibility index (Phi) is 4.60. The molecule has 1 aliphatic heterocycles. The number of para-hydroxylation sites is 1. The van der Waals surface area contributed by atoms with Crippen molar-refractivity contribution in [1.82, 2.24) is 20.0 Å². The summed E-state index contributed by atoms with van der Waals surface area (Å²) in [6.45, 7) is 10.4. The molecule has 2 aromatic rings. The van der Waals surface area contributed by atoms with Crippen molar-refractivity contribution in [2.45, 2.75) is 45.8 Å². The topological polar surface area (TPSA) is 76.5 Å². The molecule has 4 rings (SSSR count). The number of hydrogen-bond donors (Lipinski definition) is 1. The third-order valence-electron chi connectivity index (χ3n) is 5.99. The summed E-state index contributed by atoms with van der Waals surface area (Å²) in [6, 6.07) is 4.87. The van der Waals surface area contributed by atoms with Crippen LogP contribution in [0, 0.1) is 23.6 Å². The van der Waals surface area contributed by atoms with Crippen LogP contribution in [-0.2, 0) is 22.1 Å². The molecule has 8 heteroatoms. The SMILES string of the molecule is Cn1nc(C(C)(C)NC(=O)C2[C@H]3CN(C(=O)OC(C)(C)C)C[C@@H]23)c2cccc(F)c21. The number of aryl methyl sites for hydroxylation is 1. The molecule has 2 amide bonds. The van der Waals surface area contributed by atoms with Gasteiger partial charge in [-0.1, -0.05) is 12.1 Å². The van der Waals surface area contributed by atoms with Crippen LogP contribution in [0.5, 0.6) is 0 Å². The van der Waals surface area contributed by atoms with Gasteiger partial charge in [0.1, 0.15) is 16.9 Å². The third kappa shape index (κ3) is 3.52. The third-order valence-corrected chi connectivity index (χ3v) is 5.99. The average molecular weight is 416 g/mol. The Morgan fingerprint density at radius 1 is 1.17 bits per heavy atom. The van der Waals surface area contributed by atoms with Crippen LogP contribution in [0.4, 0.5) is 9.18 Å². The fourth-order valence-corrected chi connectivity index (χ4v) is 4.59.